The number of hydrogen-bond acceptors (Lipinski definition) is 2. The van der Waals surface area contributed by atoms with Crippen LogP contribution in [0.3, 0.4) is 0 Å². The molecule has 1 heterocycles. The standard InChI is InChI=1S/C15H30N2/c1-12(2)8-13(9-16)6-7-17-10-14-4-3-5-15(14)11-17/h12-15H,3-11,16H2,1-2H3. The van der Waals surface area contributed by atoms with Crippen molar-refractivity contribution in [3.05, 3.63) is 0 Å². The zero-order chi connectivity index (χ0) is 12.3. The summed E-state index contributed by atoms with van der Waals surface area (Å²) < 4.78 is 0. The molecule has 3 atom stereocenters. The molecule has 2 fully saturated rings. The van der Waals surface area contributed by atoms with E-state index in [-0.39, 0.29) is 0 Å². The molecule has 17 heavy (non-hydrogen) atoms. The maximum atomic E-state index is 5.88. The van der Waals surface area contributed by atoms with Crippen LogP contribution in [-0.4, -0.2) is 31.1 Å². The monoisotopic (exact) mass is 238 g/mol. The smallest absolute Gasteiger partial charge is 0.00129 e. The normalized spacial score (nSPS) is 31.1. The third-order valence-corrected chi connectivity index (χ3v) is 4.79. The Morgan fingerprint density at radius 1 is 1.18 bits per heavy atom. The highest BCUT2D eigenvalue weighted by Gasteiger charge is 2.35. The van der Waals surface area contributed by atoms with Gasteiger partial charge >= 0.3 is 0 Å². The van der Waals surface area contributed by atoms with Crippen LogP contribution >= 0.6 is 0 Å². The van der Waals surface area contributed by atoms with Crippen molar-refractivity contribution in [1.82, 2.24) is 4.90 Å². The summed E-state index contributed by atoms with van der Waals surface area (Å²) in [4.78, 5) is 2.71. The van der Waals surface area contributed by atoms with Gasteiger partial charge in [-0.25, -0.2) is 0 Å². The summed E-state index contributed by atoms with van der Waals surface area (Å²) in [5, 5.41) is 0. The van der Waals surface area contributed by atoms with Gasteiger partial charge in [0.1, 0.15) is 0 Å². The predicted octanol–water partition coefficient (Wildman–Crippen LogP) is 2.73. The number of likely N-dealkylation sites (tertiary alicyclic amines) is 1. The fraction of sp³-hybridized carbons (Fsp3) is 1.00. The molecule has 1 aliphatic heterocycles. The van der Waals surface area contributed by atoms with Gasteiger partial charge in [0.05, 0.1) is 0 Å². The van der Waals surface area contributed by atoms with E-state index in [9.17, 15) is 0 Å². The average Bonchev–Trinajstić information content (AvgIpc) is 2.83. The molecule has 2 nitrogen and oxygen atoms in total. The summed E-state index contributed by atoms with van der Waals surface area (Å²) in [6.45, 7) is 9.54. The first-order valence-electron chi connectivity index (χ1n) is 7.61. The van der Waals surface area contributed by atoms with E-state index in [2.05, 4.69) is 18.7 Å². The molecule has 2 N–H and O–H groups in total. The Morgan fingerprint density at radius 2 is 1.82 bits per heavy atom. The molecule has 0 aromatic heterocycles. The lowest BCUT2D eigenvalue weighted by Gasteiger charge is -2.22. The molecule has 3 unspecified atom stereocenters. The Balaban J connectivity index is 1.68. The van der Waals surface area contributed by atoms with Gasteiger partial charge in [0, 0.05) is 13.1 Å². The fourth-order valence-electron chi connectivity index (χ4n) is 3.88. The van der Waals surface area contributed by atoms with Crippen LogP contribution in [0.1, 0.15) is 46.0 Å². The molecule has 100 valence electrons. The molecule has 2 aliphatic rings. The first-order valence-corrected chi connectivity index (χ1v) is 7.61. The van der Waals surface area contributed by atoms with Gasteiger partial charge in [0.2, 0.25) is 0 Å². The van der Waals surface area contributed by atoms with Crippen molar-refractivity contribution in [3.63, 3.8) is 0 Å². The minimum absolute atomic E-state index is 0.746. The molecule has 0 amide bonds. The Bertz CT molecular complexity index is 215. The first-order chi connectivity index (χ1) is 8.19. The second-order valence-electron chi connectivity index (χ2n) is 6.73. The van der Waals surface area contributed by atoms with Gasteiger partial charge in [0.25, 0.3) is 0 Å². The highest BCUT2D eigenvalue weighted by atomic mass is 15.2. The minimum atomic E-state index is 0.746. The quantitative estimate of drug-likeness (QED) is 0.771. The lowest BCUT2D eigenvalue weighted by Crippen LogP contribution is -2.27. The molecule has 1 saturated carbocycles. The van der Waals surface area contributed by atoms with Crippen LogP contribution in [0.4, 0.5) is 0 Å². The molecule has 1 saturated heterocycles. The SMILES string of the molecule is CC(C)CC(CN)CCN1CC2CCCC2C1. The van der Waals surface area contributed by atoms with E-state index in [0.29, 0.717) is 0 Å². The molecular weight excluding hydrogens is 208 g/mol. The summed E-state index contributed by atoms with van der Waals surface area (Å²) >= 11 is 0. The van der Waals surface area contributed by atoms with E-state index in [1.165, 1.54) is 51.7 Å². The van der Waals surface area contributed by atoms with Crippen LogP contribution in [-0.2, 0) is 0 Å². The van der Waals surface area contributed by atoms with E-state index in [4.69, 9.17) is 5.73 Å². The predicted molar refractivity (Wildman–Crippen MR) is 73.9 cm³/mol. The van der Waals surface area contributed by atoms with Crippen LogP contribution < -0.4 is 5.73 Å². The largest absolute Gasteiger partial charge is 0.330 e. The summed E-state index contributed by atoms with van der Waals surface area (Å²) in [6.07, 6.45) is 7.09. The van der Waals surface area contributed by atoms with Gasteiger partial charge in [-0.3, -0.25) is 0 Å². The van der Waals surface area contributed by atoms with Crippen LogP contribution in [0.5, 0.6) is 0 Å². The molecule has 1 aliphatic carbocycles. The van der Waals surface area contributed by atoms with Gasteiger partial charge in [-0.05, 0) is 62.4 Å². The van der Waals surface area contributed by atoms with Crippen molar-refractivity contribution in [2.24, 2.45) is 29.4 Å². The Kier molecular flexibility index (Phi) is 4.87. The summed E-state index contributed by atoms with van der Waals surface area (Å²) in [5.41, 5.74) is 5.88. The van der Waals surface area contributed by atoms with Crippen molar-refractivity contribution < 1.29 is 0 Å². The van der Waals surface area contributed by atoms with Crippen molar-refractivity contribution in [1.29, 1.82) is 0 Å². The average molecular weight is 238 g/mol. The second-order valence-corrected chi connectivity index (χ2v) is 6.73. The molecule has 2 rings (SSSR count). The highest BCUT2D eigenvalue weighted by Crippen LogP contribution is 2.37. The molecule has 0 radical (unpaired) electrons. The molecule has 0 spiro atoms. The third-order valence-electron chi connectivity index (χ3n) is 4.79. The maximum Gasteiger partial charge on any atom is 0.00129 e. The number of nitrogens with two attached hydrogens (primary N) is 1. The molecule has 0 bridgehead atoms. The van der Waals surface area contributed by atoms with Crippen molar-refractivity contribution >= 4 is 0 Å². The Hall–Kier alpha value is -0.0800. The molecule has 0 aromatic carbocycles. The van der Waals surface area contributed by atoms with Crippen molar-refractivity contribution in [3.8, 4) is 0 Å². The summed E-state index contributed by atoms with van der Waals surface area (Å²) in [5.74, 6) is 3.62. The molecule has 2 heteroatoms. The third kappa shape index (κ3) is 3.69. The van der Waals surface area contributed by atoms with Gasteiger partial charge in [-0.1, -0.05) is 20.3 Å². The van der Waals surface area contributed by atoms with Gasteiger partial charge in [-0.15, -0.1) is 0 Å². The molecular formula is C15H30N2. The zero-order valence-electron chi connectivity index (χ0n) is 11.7. The van der Waals surface area contributed by atoms with Gasteiger partial charge in [0.15, 0.2) is 0 Å². The lowest BCUT2D eigenvalue weighted by atomic mass is 9.94. The fourth-order valence-corrected chi connectivity index (χ4v) is 3.88. The number of rotatable bonds is 6. The van der Waals surface area contributed by atoms with E-state index in [1.54, 1.807) is 0 Å². The van der Waals surface area contributed by atoms with Gasteiger partial charge < -0.3 is 10.6 Å². The Morgan fingerprint density at radius 3 is 2.35 bits per heavy atom. The topological polar surface area (TPSA) is 29.3 Å². The van der Waals surface area contributed by atoms with E-state index >= 15 is 0 Å². The number of hydrogen-bond donors (Lipinski definition) is 1. The van der Waals surface area contributed by atoms with E-state index in [1.807, 2.05) is 0 Å². The Labute approximate surface area is 107 Å². The first kappa shape index (κ1) is 13.4. The number of fused-ring (bicyclic) bond motifs is 1. The number of nitrogens with zero attached hydrogens (tertiary/aromatic N) is 1. The van der Waals surface area contributed by atoms with Gasteiger partial charge in [-0.2, -0.15) is 0 Å². The van der Waals surface area contributed by atoms with Crippen LogP contribution in [0.25, 0.3) is 0 Å². The van der Waals surface area contributed by atoms with E-state index < -0.39 is 0 Å². The summed E-state index contributed by atoms with van der Waals surface area (Å²) in [7, 11) is 0. The van der Waals surface area contributed by atoms with Crippen molar-refractivity contribution in [2.75, 3.05) is 26.2 Å². The van der Waals surface area contributed by atoms with Crippen LogP contribution in [0, 0.1) is 23.7 Å². The van der Waals surface area contributed by atoms with Crippen LogP contribution in [0.2, 0.25) is 0 Å². The highest BCUT2D eigenvalue weighted by molar-refractivity contribution is 4.88. The van der Waals surface area contributed by atoms with Crippen LogP contribution in [0.15, 0.2) is 0 Å². The summed E-state index contributed by atoms with van der Waals surface area (Å²) in [6, 6.07) is 0. The molecule has 0 aromatic rings. The second kappa shape index (κ2) is 6.19. The van der Waals surface area contributed by atoms with E-state index in [0.717, 1.165) is 30.2 Å². The maximum absolute atomic E-state index is 5.88. The zero-order valence-corrected chi connectivity index (χ0v) is 11.7. The lowest BCUT2D eigenvalue weighted by molar-refractivity contribution is 0.269. The minimum Gasteiger partial charge on any atom is -0.330 e. The van der Waals surface area contributed by atoms with Crippen molar-refractivity contribution in [2.45, 2.75) is 46.0 Å².